The third kappa shape index (κ3) is 4.26. The normalized spacial score (nSPS) is 12.4. The number of pyridine rings is 1. The highest BCUT2D eigenvalue weighted by Crippen LogP contribution is 2.39. The SMILES string of the molecule is Cc1oc2cc(-c3cc(-c4cc(C(C)(C)C)c5ccccc5c4)nc4sccc34)ccc2c1CC(C)C. The second-order valence-corrected chi connectivity index (χ2v) is 12.5. The quantitative estimate of drug-likeness (QED) is 0.239. The Morgan fingerprint density at radius 3 is 2.46 bits per heavy atom. The molecule has 0 saturated carbocycles. The molecule has 0 spiro atoms. The Hall–Kier alpha value is -3.43. The van der Waals surface area contributed by atoms with Crippen LogP contribution in [-0.2, 0) is 11.8 Å². The number of hydrogen-bond donors (Lipinski definition) is 0. The fraction of sp³-hybridized carbons (Fsp3) is 0.265. The molecular weight excluding hydrogens is 470 g/mol. The van der Waals surface area contributed by atoms with E-state index in [-0.39, 0.29) is 5.41 Å². The van der Waals surface area contributed by atoms with Gasteiger partial charge in [-0.05, 0) is 87.9 Å². The lowest BCUT2D eigenvalue weighted by molar-refractivity contribution is 0.560. The number of hydrogen-bond acceptors (Lipinski definition) is 3. The number of furan rings is 1. The molecule has 0 amide bonds. The smallest absolute Gasteiger partial charge is 0.135 e. The fourth-order valence-electron chi connectivity index (χ4n) is 5.52. The van der Waals surface area contributed by atoms with Crippen LogP contribution in [0.5, 0.6) is 0 Å². The summed E-state index contributed by atoms with van der Waals surface area (Å²) in [5.74, 6) is 1.62. The molecule has 0 unspecified atom stereocenters. The molecule has 0 N–H and O–H groups in total. The molecule has 0 aliphatic rings. The van der Waals surface area contributed by atoms with Gasteiger partial charge in [0.1, 0.15) is 16.2 Å². The minimum Gasteiger partial charge on any atom is -0.461 e. The first kappa shape index (κ1) is 23.9. The predicted octanol–water partition coefficient (Wildman–Crippen LogP) is 10.3. The molecule has 0 aliphatic carbocycles. The average Bonchev–Trinajstić information content (AvgIpc) is 3.45. The minimum atomic E-state index is 0.0291. The van der Waals surface area contributed by atoms with Gasteiger partial charge in [-0.2, -0.15) is 0 Å². The number of aromatic nitrogens is 1. The molecule has 6 aromatic rings. The molecule has 0 aliphatic heterocycles. The van der Waals surface area contributed by atoms with E-state index < -0.39 is 0 Å². The van der Waals surface area contributed by atoms with Crippen LogP contribution in [0.1, 0.15) is 51.5 Å². The van der Waals surface area contributed by atoms with Crippen LogP contribution in [0.15, 0.2) is 76.5 Å². The van der Waals surface area contributed by atoms with E-state index in [9.17, 15) is 0 Å². The van der Waals surface area contributed by atoms with Crippen molar-refractivity contribution >= 4 is 43.3 Å². The van der Waals surface area contributed by atoms with Gasteiger partial charge in [0, 0.05) is 21.9 Å². The Bertz CT molecular complexity index is 1780. The van der Waals surface area contributed by atoms with Crippen molar-refractivity contribution in [2.45, 2.75) is 53.4 Å². The second kappa shape index (κ2) is 8.85. The number of nitrogens with zero attached hydrogens (tertiary/aromatic N) is 1. The van der Waals surface area contributed by atoms with Crippen LogP contribution in [0.4, 0.5) is 0 Å². The molecule has 37 heavy (non-hydrogen) atoms. The first-order chi connectivity index (χ1) is 17.7. The van der Waals surface area contributed by atoms with Crippen LogP contribution in [0, 0.1) is 12.8 Å². The molecule has 0 atom stereocenters. The van der Waals surface area contributed by atoms with Gasteiger partial charge < -0.3 is 4.42 Å². The molecule has 0 fully saturated rings. The largest absolute Gasteiger partial charge is 0.461 e. The number of rotatable bonds is 4. The van der Waals surface area contributed by atoms with Crippen LogP contribution in [-0.4, -0.2) is 4.98 Å². The average molecular weight is 504 g/mol. The van der Waals surface area contributed by atoms with Crippen molar-refractivity contribution in [3.05, 3.63) is 89.0 Å². The topological polar surface area (TPSA) is 26.0 Å². The molecule has 2 nitrogen and oxygen atoms in total. The van der Waals surface area contributed by atoms with Gasteiger partial charge in [-0.25, -0.2) is 4.98 Å². The summed E-state index contributed by atoms with van der Waals surface area (Å²) in [7, 11) is 0. The van der Waals surface area contributed by atoms with E-state index in [0.29, 0.717) is 5.92 Å². The lowest BCUT2D eigenvalue weighted by Gasteiger charge is -2.23. The van der Waals surface area contributed by atoms with Crippen molar-refractivity contribution in [2.75, 3.05) is 0 Å². The Morgan fingerprint density at radius 2 is 1.68 bits per heavy atom. The fourth-order valence-corrected chi connectivity index (χ4v) is 6.31. The van der Waals surface area contributed by atoms with Gasteiger partial charge in [-0.1, -0.05) is 71.0 Å². The molecule has 3 aromatic heterocycles. The van der Waals surface area contributed by atoms with Crippen LogP contribution < -0.4 is 0 Å². The van der Waals surface area contributed by atoms with Gasteiger partial charge >= 0.3 is 0 Å². The van der Waals surface area contributed by atoms with Crippen LogP contribution in [0.3, 0.4) is 0 Å². The molecule has 186 valence electrons. The summed E-state index contributed by atoms with van der Waals surface area (Å²) in [6, 6.07) is 24.5. The Kier molecular flexibility index (Phi) is 5.72. The van der Waals surface area contributed by atoms with E-state index in [4.69, 9.17) is 9.40 Å². The van der Waals surface area contributed by atoms with Gasteiger partial charge in [-0.3, -0.25) is 0 Å². The Labute approximate surface area is 223 Å². The highest BCUT2D eigenvalue weighted by Gasteiger charge is 2.20. The maximum atomic E-state index is 6.26. The molecule has 3 heteroatoms. The highest BCUT2D eigenvalue weighted by atomic mass is 32.1. The van der Waals surface area contributed by atoms with Gasteiger partial charge in [-0.15, -0.1) is 11.3 Å². The molecule has 3 heterocycles. The number of benzene rings is 3. The maximum absolute atomic E-state index is 6.26. The van der Waals surface area contributed by atoms with E-state index in [1.165, 1.54) is 43.8 Å². The van der Waals surface area contributed by atoms with E-state index >= 15 is 0 Å². The van der Waals surface area contributed by atoms with Crippen LogP contribution >= 0.6 is 11.3 Å². The Balaban J connectivity index is 1.55. The predicted molar refractivity (Wildman–Crippen MR) is 160 cm³/mol. The van der Waals surface area contributed by atoms with Crippen molar-refractivity contribution in [3.8, 4) is 22.4 Å². The lowest BCUT2D eigenvalue weighted by Crippen LogP contribution is -2.12. The van der Waals surface area contributed by atoms with Crippen molar-refractivity contribution < 1.29 is 4.42 Å². The highest BCUT2D eigenvalue weighted by molar-refractivity contribution is 7.16. The molecular formula is C34H33NOS. The number of thiophene rings is 1. The van der Waals surface area contributed by atoms with Gasteiger partial charge in [0.25, 0.3) is 0 Å². The monoisotopic (exact) mass is 503 g/mol. The number of fused-ring (bicyclic) bond motifs is 3. The zero-order valence-electron chi connectivity index (χ0n) is 22.5. The molecule has 0 radical (unpaired) electrons. The summed E-state index contributed by atoms with van der Waals surface area (Å²) < 4.78 is 6.26. The summed E-state index contributed by atoms with van der Waals surface area (Å²) in [6.45, 7) is 13.5. The van der Waals surface area contributed by atoms with E-state index in [1.54, 1.807) is 11.3 Å². The molecule has 0 bridgehead atoms. The molecule has 3 aromatic carbocycles. The van der Waals surface area contributed by atoms with Crippen molar-refractivity contribution in [1.29, 1.82) is 0 Å². The van der Waals surface area contributed by atoms with Crippen molar-refractivity contribution in [1.82, 2.24) is 4.98 Å². The minimum absolute atomic E-state index is 0.0291. The first-order valence-electron chi connectivity index (χ1n) is 13.1. The third-order valence-electron chi connectivity index (χ3n) is 7.32. The van der Waals surface area contributed by atoms with Crippen molar-refractivity contribution in [3.63, 3.8) is 0 Å². The standard InChI is InChI=1S/C34H33NOS/c1-20(2)15-28-21(3)36-32-18-23(11-12-26(28)32)29-19-31(35-33-27(29)13-14-37-33)24-16-22-9-7-8-10-25(22)30(17-24)34(4,5)6/h7-14,16-20H,15H2,1-6H3. The first-order valence-corrected chi connectivity index (χ1v) is 14.0. The molecule has 0 saturated heterocycles. The van der Waals surface area contributed by atoms with Crippen LogP contribution in [0.2, 0.25) is 0 Å². The number of aryl methyl sites for hydroxylation is 1. The summed E-state index contributed by atoms with van der Waals surface area (Å²) in [4.78, 5) is 6.19. The third-order valence-corrected chi connectivity index (χ3v) is 8.13. The zero-order chi connectivity index (χ0) is 25.9. The van der Waals surface area contributed by atoms with Crippen molar-refractivity contribution in [2.24, 2.45) is 5.92 Å². The second-order valence-electron chi connectivity index (χ2n) is 11.6. The van der Waals surface area contributed by atoms with Gasteiger partial charge in [0.2, 0.25) is 0 Å². The summed E-state index contributed by atoms with van der Waals surface area (Å²) in [5.41, 5.74) is 8.22. The summed E-state index contributed by atoms with van der Waals surface area (Å²) in [6.07, 6.45) is 1.03. The lowest BCUT2D eigenvalue weighted by atomic mass is 9.82. The van der Waals surface area contributed by atoms with Gasteiger partial charge in [0.05, 0.1) is 5.69 Å². The van der Waals surface area contributed by atoms with Crippen LogP contribution in [0.25, 0.3) is 54.3 Å². The van der Waals surface area contributed by atoms with E-state index in [0.717, 1.165) is 33.9 Å². The zero-order valence-corrected chi connectivity index (χ0v) is 23.3. The summed E-state index contributed by atoms with van der Waals surface area (Å²) >= 11 is 1.70. The van der Waals surface area contributed by atoms with E-state index in [2.05, 4.69) is 114 Å². The summed E-state index contributed by atoms with van der Waals surface area (Å²) in [5, 5.41) is 7.13. The van der Waals surface area contributed by atoms with E-state index in [1.807, 2.05) is 0 Å². The van der Waals surface area contributed by atoms with Gasteiger partial charge in [0.15, 0.2) is 0 Å². The molecule has 6 rings (SSSR count). The Morgan fingerprint density at radius 1 is 0.865 bits per heavy atom. The maximum Gasteiger partial charge on any atom is 0.135 e.